The highest BCUT2D eigenvalue weighted by molar-refractivity contribution is 7.59. The molecule has 0 aliphatic carbocycles. The van der Waals surface area contributed by atoms with Gasteiger partial charge < -0.3 is 10.1 Å². The number of Topliss-reactive ketones (excluding diaryl/α,β-unsaturated/α-hetero) is 1. The molecule has 130 valence electrons. The SMILES string of the molecule is CC(=O)C(NC(=O)CC(C)(C)CC(=O)OC(C)C)C(C)C.S. The Balaban J connectivity index is 0. The van der Waals surface area contributed by atoms with E-state index in [1.807, 2.05) is 27.7 Å². The van der Waals surface area contributed by atoms with Gasteiger partial charge in [0.2, 0.25) is 5.91 Å². The van der Waals surface area contributed by atoms with Crippen molar-refractivity contribution in [1.82, 2.24) is 5.32 Å². The second-order valence-corrected chi connectivity index (χ2v) is 6.96. The monoisotopic (exact) mass is 333 g/mol. The van der Waals surface area contributed by atoms with E-state index in [0.717, 1.165) is 0 Å². The lowest BCUT2D eigenvalue weighted by Gasteiger charge is -2.26. The van der Waals surface area contributed by atoms with Crippen molar-refractivity contribution in [2.45, 2.75) is 73.5 Å². The van der Waals surface area contributed by atoms with Gasteiger partial charge in [0.15, 0.2) is 5.78 Å². The topological polar surface area (TPSA) is 72.5 Å². The van der Waals surface area contributed by atoms with E-state index in [1.54, 1.807) is 13.8 Å². The van der Waals surface area contributed by atoms with Crippen molar-refractivity contribution < 1.29 is 19.1 Å². The largest absolute Gasteiger partial charge is 0.463 e. The highest BCUT2D eigenvalue weighted by Gasteiger charge is 2.29. The Morgan fingerprint density at radius 2 is 1.55 bits per heavy atom. The van der Waals surface area contributed by atoms with Crippen molar-refractivity contribution in [1.29, 1.82) is 0 Å². The van der Waals surface area contributed by atoms with Gasteiger partial charge in [0.1, 0.15) is 0 Å². The van der Waals surface area contributed by atoms with E-state index >= 15 is 0 Å². The minimum Gasteiger partial charge on any atom is -0.463 e. The molecule has 0 saturated heterocycles. The summed E-state index contributed by atoms with van der Waals surface area (Å²) < 4.78 is 5.10. The summed E-state index contributed by atoms with van der Waals surface area (Å²) in [4.78, 5) is 35.2. The first-order valence-electron chi connectivity index (χ1n) is 7.44. The number of nitrogens with one attached hydrogen (secondary N) is 1. The molecule has 5 nitrogen and oxygen atoms in total. The third kappa shape index (κ3) is 9.82. The number of carbonyl (C=O) groups is 3. The number of rotatable bonds is 8. The summed E-state index contributed by atoms with van der Waals surface area (Å²) in [5.74, 6) is -0.545. The van der Waals surface area contributed by atoms with Crippen molar-refractivity contribution in [3.05, 3.63) is 0 Å². The minimum absolute atomic E-state index is 0. The second-order valence-electron chi connectivity index (χ2n) is 6.96. The number of ether oxygens (including phenoxy) is 1. The number of carbonyl (C=O) groups excluding carboxylic acids is 3. The standard InChI is InChI=1S/C16H29NO4.H2S/c1-10(2)15(12(5)18)17-13(19)8-16(6,7)9-14(20)21-11(3)4;/h10-11,15H,8-9H2,1-7H3,(H,17,19);1H2. The van der Waals surface area contributed by atoms with Crippen molar-refractivity contribution in [2.24, 2.45) is 11.3 Å². The van der Waals surface area contributed by atoms with Gasteiger partial charge in [0, 0.05) is 6.42 Å². The molecule has 1 unspecified atom stereocenters. The van der Waals surface area contributed by atoms with Crippen LogP contribution >= 0.6 is 13.5 Å². The molecule has 1 amide bonds. The highest BCUT2D eigenvalue weighted by Crippen LogP contribution is 2.26. The molecule has 0 heterocycles. The fourth-order valence-electron chi connectivity index (χ4n) is 2.15. The maximum atomic E-state index is 12.1. The van der Waals surface area contributed by atoms with Gasteiger partial charge in [-0.3, -0.25) is 14.4 Å². The van der Waals surface area contributed by atoms with E-state index < -0.39 is 11.5 Å². The number of amides is 1. The molecule has 0 fully saturated rings. The molecule has 0 radical (unpaired) electrons. The summed E-state index contributed by atoms with van der Waals surface area (Å²) in [6.07, 6.45) is 0.187. The van der Waals surface area contributed by atoms with Crippen LogP contribution in [-0.2, 0) is 19.1 Å². The zero-order valence-corrected chi connectivity index (χ0v) is 15.8. The minimum atomic E-state index is -0.506. The lowest BCUT2D eigenvalue weighted by atomic mass is 9.85. The van der Waals surface area contributed by atoms with E-state index in [9.17, 15) is 14.4 Å². The summed E-state index contributed by atoms with van der Waals surface area (Å²) >= 11 is 0. The van der Waals surface area contributed by atoms with Crippen LogP contribution in [-0.4, -0.2) is 29.8 Å². The first-order valence-corrected chi connectivity index (χ1v) is 7.44. The van der Waals surface area contributed by atoms with E-state index in [4.69, 9.17) is 4.74 Å². The second kappa shape index (κ2) is 9.87. The van der Waals surface area contributed by atoms with Crippen LogP contribution in [0.25, 0.3) is 0 Å². The Morgan fingerprint density at radius 1 is 1.05 bits per heavy atom. The lowest BCUT2D eigenvalue weighted by Crippen LogP contribution is -2.44. The quantitative estimate of drug-likeness (QED) is 0.693. The molecule has 0 aromatic heterocycles. The molecular formula is C16H31NO4S. The van der Waals surface area contributed by atoms with Crippen LogP contribution in [0.1, 0.15) is 61.3 Å². The Bertz CT molecular complexity index is 392. The third-order valence-corrected chi connectivity index (χ3v) is 3.05. The van der Waals surface area contributed by atoms with Crippen LogP contribution in [0.5, 0.6) is 0 Å². The zero-order valence-electron chi connectivity index (χ0n) is 14.8. The van der Waals surface area contributed by atoms with Gasteiger partial charge in [-0.05, 0) is 32.1 Å². The lowest BCUT2D eigenvalue weighted by molar-refractivity contribution is -0.150. The number of hydrogen-bond donors (Lipinski definition) is 1. The van der Waals surface area contributed by atoms with Gasteiger partial charge in [-0.1, -0.05) is 27.7 Å². The molecule has 22 heavy (non-hydrogen) atoms. The van der Waals surface area contributed by atoms with Gasteiger partial charge in [-0.25, -0.2) is 0 Å². The van der Waals surface area contributed by atoms with Gasteiger partial charge in [-0.2, -0.15) is 13.5 Å². The Hall–Kier alpha value is -1.04. The van der Waals surface area contributed by atoms with Crippen LogP contribution in [0.3, 0.4) is 0 Å². The molecular weight excluding hydrogens is 302 g/mol. The van der Waals surface area contributed by atoms with Crippen LogP contribution in [0.2, 0.25) is 0 Å². The van der Waals surface area contributed by atoms with Crippen molar-refractivity contribution in [2.75, 3.05) is 0 Å². The first-order chi connectivity index (χ1) is 9.44. The Labute approximate surface area is 141 Å². The first kappa shape index (κ1) is 23.2. The molecule has 0 bridgehead atoms. The van der Waals surface area contributed by atoms with Crippen LogP contribution in [0.15, 0.2) is 0 Å². The number of hydrogen-bond acceptors (Lipinski definition) is 4. The summed E-state index contributed by atoms with van der Waals surface area (Å²) in [7, 11) is 0. The number of ketones is 1. The van der Waals surface area contributed by atoms with E-state index in [1.165, 1.54) is 6.92 Å². The smallest absolute Gasteiger partial charge is 0.306 e. The van der Waals surface area contributed by atoms with Crippen molar-refractivity contribution in [3.8, 4) is 0 Å². The molecule has 0 saturated carbocycles. The molecule has 1 atom stereocenters. The molecule has 0 aromatic rings. The zero-order chi connectivity index (χ0) is 16.8. The Morgan fingerprint density at radius 3 is 1.91 bits per heavy atom. The van der Waals surface area contributed by atoms with E-state index in [0.29, 0.717) is 0 Å². The summed E-state index contributed by atoms with van der Waals surface area (Å²) in [5, 5.41) is 2.75. The maximum Gasteiger partial charge on any atom is 0.306 e. The van der Waals surface area contributed by atoms with E-state index in [-0.39, 0.29) is 56.0 Å². The summed E-state index contributed by atoms with van der Waals surface area (Å²) in [6, 6.07) is -0.476. The molecule has 0 aliphatic rings. The highest BCUT2D eigenvalue weighted by atomic mass is 32.1. The Kier molecular flexibility index (Phi) is 10.4. The molecule has 0 rings (SSSR count). The molecule has 0 spiro atoms. The van der Waals surface area contributed by atoms with Gasteiger partial charge in [0.25, 0.3) is 0 Å². The summed E-state index contributed by atoms with van der Waals surface area (Å²) in [6.45, 7) is 12.5. The van der Waals surface area contributed by atoms with Crippen LogP contribution < -0.4 is 5.32 Å². The predicted octanol–water partition coefficient (Wildman–Crippen LogP) is 2.59. The predicted molar refractivity (Wildman–Crippen MR) is 92.1 cm³/mol. The van der Waals surface area contributed by atoms with Gasteiger partial charge >= 0.3 is 5.97 Å². The number of esters is 1. The molecule has 0 aliphatic heterocycles. The van der Waals surface area contributed by atoms with Crippen molar-refractivity contribution >= 4 is 31.2 Å². The fraction of sp³-hybridized carbons (Fsp3) is 0.812. The van der Waals surface area contributed by atoms with Crippen LogP contribution in [0, 0.1) is 11.3 Å². The van der Waals surface area contributed by atoms with Gasteiger partial charge in [-0.15, -0.1) is 0 Å². The van der Waals surface area contributed by atoms with Gasteiger partial charge in [0.05, 0.1) is 18.6 Å². The molecule has 1 N–H and O–H groups in total. The van der Waals surface area contributed by atoms with E-state index in [2.05, 4.69) is 5.32 Å². The fourth-order valence-corrected chi connectivity index (χ4v) is 2.15. The maximum absolute atomic E-state index is 12.1. The third-order valence-electron chi connectivity index (χ3n) is 3.05. The average Bonchev–Trinajstić information content (AvgIpc) is 2.21. The molecule has 6 heteroatoms. The summed E-state index contributed by atoms with van der Waals surface area (Å²) in [5.41, 5.74) is -0.506. The van der Waals surface area contributed by atoms with Crippen molar-refractivity contribution in [3.63, 3.8) is 0 Å². The van der Waals surface area contributed by atoms with Crippen LogP contribution in [0.4, 0.5) is 0 Å². The molecule has 0 aromatic carbocycles. The average molecular weight is 333 g/mol. The normalized spacial score (nSPS) is 12.6.